The minimum atomic E-state index is -0.481. The van der Waals surface area contributed by atoms with Crippen molar-refractivity contribution in [2.75, 3.05) is 11.4 Å². The van der Waals surface area contributed by atoms with Crippen LogP contribution in [0.4, 0.5) is 10.1 Å². The van der Waals surface area contributed by atoms with Crippen LogP contribution in [-0.2, 0) is 4.79 Å². The van der Waals surface area contributed by atoms with Crippen molar-refractivity contribution in [3.05, 3.63) is 29.6 Å². The molecule has 1 atom stereocenters. The van der Waals surface area contributed by atoms with Gasteiger partial charge < -0.3 is 10.6 Å². The standard InChI is InChI=1S/C11H13FN2O/c1-7-2-3-10(8(12)6-7)14-5-4-9(13)11(14)15/h2-3,6,9H,4-5,13H2,1H3. The minimum absolute atomic E-state index is 0.197. The highest BCUT2D eigenvalue weighted by atomic mass is 19.1. The first-order valence-corrected chi connectivity index (χ1v) is 4.92. The van der Waals surface area contributed by atoms with Crippen LogP contribution >= 0.6 is 0 Å². The molecule has 1 fully saturated rings. The Kier molecular flexibility index (Phi) is 2.44. The van der Waals surface area contributed by atoms with E-state index in [0.29, 0.717) is 18.7 Å². The van der Waals surface area contributed by atoms with E-state index in [0.717, 1.165) is 5.56 Å². The summed E-state index contributed by atoms with van der Waals surface area (Å²) < 4.78 is 13.6. The summed E-state index contributed by atoms with van der Waals surface area (Å²) in [5.74, 6) is -0.560. The van der Waals surface area contributed by atoms with E-state index >= 15 is 0 Å². The molecule has 1 aromatic rings. The van der Waals surface area contributed by atoms with E-state index in [4.69, 9.17) is 5.73 Å². The lowest BCUT2D eigenvalue weighted by Crippen LogP contribution is -2.34. The van der Waals surface area contributed by atoms with E-state index < -0.39 is 6.04 Å². The lowest BCUT2D eigenvalue weighted by molar-refractivity contribution is -0.118. The lowest BCUT2D eigenvalue weighted by Gasteiger charge is -2.17. The van der Waals surface area contributed by atoms with Crippen molar-refractivity contribution in [2.24, 2.45) is 5.73 Å². The Morgan fingerprint density at radius 3 is 2.80 bits per heavy atom. The molecule has 1 amide bonds. The second kappa shape index (κ2) is 3.62. The molecule has 1 aromatic carbocycles. The summed E-state index contributed by atoms with van der Waals surface area (Å²) in [6, 6.07) is 4.36. The molecule has 1 heterocycles. The van der Waals surface area contributed by atoms with E-state index in [1.165, 1.54) is 11.0 Å². The number of carbonyl (C=O) groups excluding carboxylic acids is 1. The van der Waals surface area contributed by atoms with Gasteiger partial charge in [0.25, 0.3) is 0 Å². The van der Waals surface area contributed by atoms with Gasteiger partial charge in [0.2, 0.25) is 5.91 Å². The molecule has 3 nitrogen and oxygen atoms in total. The van der Waals surface area contributed by atoms with Crippen LogP contribution in [0, 0.1) is 12.7 Å². The minimum Gasteiger partial charge on any atom is -0.320 e. The van der Waals surface area contributed by atoms with E-state index in [1.54, 1.807) is 12.1 Å². The summed E-state index contributed by atoms with van der Waals surface area (Å²) in [7, 11) is 0. The fourth-order valence-electron chi connectivity index (χ4n) is 1.77. The van der Waals surface area contributed by atoms with Crippen LogP contribution in [0.2, 0.25) is 0 Å². The second-order valence-electron chi connectivity index (χ2n) is 3.84. The Labute approximate surface area is 87.7 Å². The van der Waals surface area contributed by atoms with Crippen LogP contribution in [0.15, 0.2) is 18.2 Å². The number of rotatable bonds is 1. The average Bonchev–Trinajstić information content (AvgIpc) is 2.49. The fourth-order valence-corrected chi connectivity index (χ4v) is 1.77. The third-order valence-corrected chi connectivity index (χ3v) is 2.64. The Morgan fingerprint density at radius 2 is 2.27 bits per heavy atom. The smallest absolute Gasteiger partial charge is 0.244 e. The van der Waals surface area contributed by atoms with Crippen LogP contribution in [0.1, 0.15) is 12.0 Å². The molecule has 0 aromatic heterocycles. The van der Waals surface area contributed by atoms with Gasteiger partial charge in [0.05, 0.1) is 11.7 Å². The van der Waals surface area contributed by atoms with Gasteiger partial charge in [-0.25, -0.2) is 4.39 Å². The van der Waals surface area contributed by atoms with Crippen molar-refractivity contribution in [3.63, 3.8) is 0 Å². The van der Waals surface area contributed by atoms with Crippen molar-refractivity contribution in [3.8, 4) is 0 Å². The zero-order valence-corrected chi connectivity index (χ0v) is 8.53. The quantitative estimate of drug-likeness (QED) is 0.753. The molecular weight excluding hydrogens is 195 g/mol. The summed E-state index contributed by atoms with van der Waals surface area (Å²) in [6.45, 7) is 2.31. The molecule has 1 unspecified atom stereocenters. The maximum atomic E-state index is 13.6. The third kappa shape index (κ3) is 1.72. The van der Waals surface area contributed by atoms with Gasteiger partial charge in [-0.2, -0.15) is 0 Å². The topological polar surface area (TPSA) is 46.3 Å². The Hall–Kier alpha value is -1.42. The van der Waals surface area contributed by atoms with Crippen LogP contribution in [-0.4, -0.2) is 18.5 Å². The number of hydrogen-bond acceptors (Lipinski definition) is 2. The number of carbonyl (C=O) groups is 1. The van der Waals surface area contributed by atoms with Crippen molar-refractivity contribution in [1.82, 2.24) is 0 Å². The Balaban J connectivity index is 2.34. The second-order valence-corrected chi connectivity index (χ2v) is 3.84. The molecule has 1 aliphatic heterocycles. The van der Waals surface area contributed by atoms with E-state index in [-0.39, 0.29) is 11.7 Å². The van der Waals surface area contributed by atoms with Crippen molar-refractivity contribution in [2.45, 2.75) is 19.4 Å². The van der Waals surface area contributed by atoms with Crippen LogP contribution < -0.4 is 10.6 Å². The predicted molar refractivity (Wildman–Crippen MR) is 56.1 cm³/mol. The van der Waals surface area contributed by atoms with E-state index in [1.807, 2.05) is 6.92 Å². The maximum Gasteiger partial charge on any atom is 0.244 e. The normalized spacial score (nSPS) is 21.1. The highest BCUT2D eigenvalue weighted by molar-refractivity contribution is 5.99. The Bertz CT molecular complexity index is 406. The lowest BCUT2D eigenvalue weighted by atomic mass is 10.2. The largest absolute Gasteiger partial charge is 0.320 e. The zero-order valence-electron chi connectivity index (χ0n) is 8.53. The molecule has 2 N–H and O–H groups in total. The van der Waals surface area contributed by atoms with Gasteiger partial charge in [-0.15, -0.1) is 0 Å². The van der Waals surface area contributed by atoms with Crippen LogP contribution in [0.5, 0.6) is 0 Å². The van der Waals surface area contributed by atoms with E-state index in [9.17, 15) is 9.18 Å². The summed E-state index contributed by atoms with van der Waals surface area (Å²) in [5, 5.41) is 0. The molecule has 0 bridgehead atoms. The molecule has 0 spiro atoms. The molecule has 4 heteroatoms. The molecular formula is C11H13FN2O. The average molecular weight is 208 g/mol. The maximum absolute atomic E-state index is 13.6. The summed E-state index contributed by atoms with van der Waals surface area (Å²) in [4.78, 5) is 13.0. The molecule has 1 aliphatic rings. The number of halogens is 1. The number of nitrogens with zero attached hydrogens (tertiary/aromatic N) is 1. The number of amides is 1. The third-order valence-electron chi connectivity index (χ3n) is 2.64. The zero-order chi connectivity index (χ0) is 11.0. The van der Waals surface area contributed by atoms with Gasteiger partial charge in [0.15, 0.2) is 0 Å². The van der Waals surface area contributed by atoms with Crippen molar-refractivity contribution >= 4 is 11.6 Å². The highest BCUT2D eigenvalue weighted by Crippen LogP contribution is 2.24. The van der Waals surface area contributed by atoms with E-state index in [2.05, 4.69) is 0 Å². The molecule has 15 heavy (non-hydrogen) atoms. The van der Waals surface area contributed by atoms with Gasteiger partial charge in [-0.3, -0.25) is 4.79 Å². The van der Waals surface area contributed by atoms with Gasteiger partial charge in [-0.1, -0.05) is 6.07 Å². The monoisotopic (exact) mass is 208 g/mol. The van der Waals surface area contributed by atoms with Gasteiger partial charge in [-0.05, 0) is 31.0 Å². The number of aryl methyl sites for hydroxylation is 1. The molecule has 1 saturated heterocycles. The predicted octanol–water partition coefficient (Wildman–Crippen LogP) is 1.20. The molecule has 0 saturated carbocycles. The summed E-state index contributed by atoms with van der Waals surface area (Å²) in [6.07, 6.45) is 0.589. The fraction of sp³-hybridized carbons (Fsp3) is 0.364. The summed E-state index contributed by atoms with van der Waals surface area (Å²) >= 11 is 0. The first kappa shape index (κ1) is 10.1. The number of hydrogen-bond donors (Lipinski definition) is 1. The number of nitrogens with two attached hydrogens (primary N) is 1. The van der Waals surface area contributed by atoms with Gasteiger partial charge >= 0.3 is 0 Å². The van der Waals surface area contributed by atoms with Crippen LogP contribution in [0.25, 0.3) is 0 Å². The summed E-state index contributed by atoms with van der Waals surface area (Å²) in [5.41, 5.74) is 6.74. The van der Waals surface area contributed by atoms with Gasteiger partial charge in [0, 0.05) is 6.54 Å². The molecule has 80 valence electrons. The first-order chi connectivity index (χ1) is 7.09. The highest BCUT2D eigenvalue weighted by Gasteiger charge is 2.30. The SMILES string of the molecule is Cc1ccc(N2CCC(N)C2=O)c(F)c1. The molecule has 0 aliphatic carbocycles. The molecule has 0 radical (unpaired) electrons. The van der Waals surface area contributed by atoms with Gasteiger partial charge in [0.1, 0.15) is 5.82 Å². The number of anilines is 1. The van der Waals surface area contributed by atoms with Crippen molar-refractivity contribution in [1.29, 1.82) is 0 Å². The Morgan fingerprint density at radius 1 is 1.53 bits per heavy atom. The molecule has 2 rings (SSSR count). The van der Waals surface area contributed by atoms with Crippen molar-refractivity contribution < 1.29 is 9.18 Å². The number of benzene rings is 1. The first-order valence-electron chi connectivity index (χ1n) is 4.92. The van der Waals surface area contributed by atoms with Crippen LogP contribution in [0.3, 0.4) is 0 Å².